The Kier molecular flexibility index (Phi) is 6.35. The van der Waals surface area contributed by atoms with Crippen LogP contribution in [0.15, 0.2) is 11.4 Å². The SMILES string of the molecule is C1CCCCC1.CC(C)(C)OC(=O)c1ccsc1N. The molecule has 0 radical (unpaired) electrons. The molecule has 3 nitrogen and oxygen atoms in total. The fraction of sp³-hybridized carbons (Fsp3) is 0.667. The maximum absolute atomic E-state index is 11.4. The minimum atomic E-state index is -0.467. The first kappa shape index (κ1) is 16.0. The van der Waals surface area contributed by atoms with Crippen LogP contribution in [0.1, 0.15) is 69.7 Å². The van der Waals surface area contributed by atoms with E-state index >= 15 is 0 Å². The second-order valence-corrected chi connectivity index (χ2v) is 6.77. The molecule has 0 aliphatic heterocycles. The molecule has 0 aromatic carbocycles. The Balaban J connectivity index is 0.000000250. The molecule has 2 rings (SSSR count). The van der Waals surface area contributed by atoms with E-state index in [4.69, 9.17) is 10.5 Å². The van der Waals surface area contributed by atoms with Crippen LogP contribution in [0.5, 0.6) is 0 Å². The molecule has 19 heavy (non-hydrogen) atoms. The summed E-state index contributed by atoms with van der Waals surface area (Å²) in [7, 11) is 0. The molecule has 1 fully saturated rings. The zero-order valence-corrected chi connectivity index (χ0v) is 13.0. The van der Waals surface area contributed by atoms with Gasteiger partial charge in [-0.15, -0.1) is 11.3 Å². The highest BCUT2D eigenvalue weighted by Crippen LogP contribution is 2.22. The maximum Gasteiger partial charge on any atom is 0.341 e. The Bertz CT molecular complexity index is 378. The molecule has 0 saturated heterocycles. The van der Waals surface area contributed by atoms with Crippen LogP contribution in [-0.4, -0.2) is 11.6 Å². The summed E-state index contributed by atoms with van der Waals surface area (Å²) >= 11 is 1.34. The molecule has 1 aliphatic carbocycles. The summed E-state index contributed by atoms with van der Waals surface area (Å²) < 4.78 is 5.15. The number of hydrogen-bond acceptors (Lipinski definition) is 4. The molecule has 2 N–H and O–H groups in total. The van der Waals surface area contributed by atoms with Gasteiger partial charge >= 0.3 is 5.97 Å². The Morgan fingerprint density at radius 1 is 1.16 bits per heavy atom. The van der Waals surface area contributed by atoms with Crippen molar-refractivity contribution in [3.8, 4) is 0 Å². The van der Waals surface area contributed by atoms with Gasteiger partial charge in [-0.1, -0.05) is 38.5 Å². The van der Waals surface area contributed by atoms with Crippen LogP contribution in [0.4, 0.5) is 5.00 Å². The molecule has 4 heteroatoms. The smallest absolute Gasteiger partial charge is 0.341 e. The van der Waals surface area contributed by atoms with E-state index in [1.807, 2.05) is 20.8 Å². The highest BCUT2D eigenvalue weighted by Gasteiger charge is 2.19. The number of rotatable bonds is 1. The summed E-state index contributed by atoms with van der Waals surface area (Å²) in [6, 6.07) is 1.67. The molecule has 1 aromatic rings. The third-order valence-corrected chi connectivity index (χ3v) is 3.56. The summed E-state index contributed by atoms with van der Waals surface area (Å²) in [4.78, 5) is 11.4. The van der Waals surface area contributed by atoms with Crippen molar-refractivity contribution in [3.63, 3.8) is 0 Å². The van der Waals surface area contributed by atoms with E-state index in [1.165, 1.54) is 49.9 Å². The zero-order valence-electron chi connectivity index (χ0n) is 12.2. The molecule has 0 amide bonds. The average molecular weight is 283 g/mol. The van der Waals surface area contributed by atoms with Crippen molar-refractivity contribution in [3.05, 3.63) is 17.0 Å². The van der Waals surface area contributed by atoms with Gasteiger partial charge in [-0.3, -0.25) is 0 Å². The zero-order chi connectivity index (χ0) is 14.3. The van der Waals surface area contributed by atoms with E-state index in [-0.39, 0.29) is 5.97 Å². The number of nitrogens with two attached hydrogens (primary N) is 1. The Hall–Kier alpha value is -1.03. The standard InChI is InChI=1S/C9H13NO2S.C6H12/c1-9(2,3)12-8(11)6-4-5-13-7(6)10;1-2-4-6-5-3-1/h4-5H,10H2,1-3H3;1-6H2. The van der Waals surface area contributed by atoms with E-state index in [1.54, 1.807) is 11.4 Å². The van der Waals surface area contributed by atoms with Crippen LogP contribution in [0.2, 0.25) is 0 Å². The van der Waals surface area contributed by atoms with Crippen molar-refractivity contribution in [2.75, 3.05) is 5.73 Å². The van der Waals surface area contributed by atoms with Crippen LogP contribution < -0.4 is 5.73 Å². The van der Waals surface area contributed by atoms with Gasteiger partial charge < -0.3 is 10.5 Å². The summed E-state index contributed by atoms with van der Waals surface area (Å²) in [5, 5.41) is 2.28. The lowest BCUT2D eigenvalue weighted by molar-refractivity contribution is 0.00713. The van der Waals surface area contributed by atoms with Crippen LogP contribution >= 0.6 is 11.3 Å². The lowest BCUT2D eigenvalue weighted by Crippen LogP contribution is -2.24. The summed E-state index contributed by atoms with van der Waals surface area (Å²) in [5.41, 5.74) is 5.57. The van der Waals surface area contributed by atoms with Crippen LogP contribution in [0, 0.1) is 0 Å². The van der Waals surface area contributed by atoms with Crippen molar-refractivity contribution >= 4 is 22.3 Å². The summed E-state index contributed by atoms with van der Waals surface area (Å²) in [6.07, 6.45) is 9.00. The quantitative estimate of drug-likeness (QED) is 0.765. The highest BCUT2D eigenvalue weighted by atomic mass is 32.1. The Labute approximate surface area is 120 Å². The largest absolute Gasteiger partial charge is 0.456 e. The van der Waals surface area contributed by atoms with Crippen molar-refractivity contribution in [2.45, 2.75) is 64.9 Å². The Morgan fingerprint density at radius 3 is 1.95 bits per heavy atom. The molecule has 0 atom stereocenters. The number of carbonyl (C=O) groups excluding carboxylic acids is 1. The van der Waals surface area contributed by atoms with E-state index in [9.17, 15) is 4.79 Å². The molecule has 1 aromatic heterocycles. The molecule has 1 heterocycles. The first-order valence-electron chi connectivity index (χ1n) is 6.96. The monoisotopic (exact) mass is 283 g/mol. The van der Waals surface area contributed by atoms with E-state index < -0.39 is 5.60 Å². The first-order valence-corrected chi connectivity index (χ1v) is 7.84. The second kappa shape index (κ2) is 7.53. The van der Waals surface area contributed by atoms with Gasteiger partial charge in [0, 0.05) is 0 Å². The number of anilines is 1. The van der Waals surface area contributed by atoms with Gasteiger partial charge in [-0.05, 0) is 32.2 Å². The third-order valence-electron chi connectivity index (χ3n) is 2.81. The fourth-order valence-corrected chi connectivity index (χ4v) is 2.51. The number of carbonyl (C=O) groups is 1. The van der Waals surface area contributed by atoms with E-state index in [0.717, 1.165) is 0 Å². The maximum atomic E-state index is 11.4. The van der Waals surface area contributed by atoms with Gasteiger partial charge in [0.15, 0.2) is 0 Å². The van der Waals surface area contributed by atoms with Crippen LogP contribution in [0.3, 0.4) is 0 Å². The van der Waals surface area contributed by atoms with Crippen molar-refractivity contribution in [2.24, 2.45) is 0 Å². The average Bonchev–Trinajstić information content (AvgIpc) is 2.76. The first-order chi connectivity index (χ1) is 8.90. The van der Waals surface area contributed by atoms with Gasteiger partial charge in [-0.2, -0.15) is 0 Å². The molecular formula is C15H25NO2S. The molecule has 1 aliphatic rings. The van der Waals surface area contributed by atoms with Gasteiger partial charge in [0.05, 0.1) is 5.56 Å². The predicted octanol–water partition coefficient (Wildman–Crippen LogP) is 4.63. The van der Waals surface area contributed by atoms with Crippen molar-refractivity contribution < 1.29 is 9.53 Å². The minimum absolute atomic E-state index is 0.355. The summed E-state index contributed by atoms with van der Waals surface area (Å²) in [5.74, 6) is -0.355. The number of hydrogen-bond donors (Lipinski definition) is 1. The second-order valence-electron chi connectivity index (χ2n) is 5.82. The van der Waals surface area contributed by atoms with Crippen molar-refractivity contribution in [1.82, 2.24) is 0 Å². The van der Waals surface area contributed by atoms with Gasteiger partial charge in [0.25, 0.3) is 0 Å². The van der Waals surface area contributed by atoms with Crippen LogP contribution in [0.25, 0.3) is 0 Å². The normalized spacial score (nSPS) is 15.3. The van der Waals surface area contributed by atoms with Crippen molar-refractivity contribution in [1.29, 1.82) is 0 Å². The fourth-order valence-electron chi connectivity index (χ4n) is 1.88. The van der Waals surface area contributed by atoms with Crippen LogP contribution in [-0.2, 0) is 4.74 Å². The number of esters is 1. The minimum Gasteiger partial charge on any atom is -0.456 e. The lowest BCUT2D eigenvalue weighted by atomic mass is 10.0. The molecule has 108 valence electrons. The molecule has 0 bridgehead atoms. The number of nitrogen functional groups attached to an aromatic ring is 1. The van der Waals surface area contributed by atoms with E-state index in [0.29, 0.717) is 10.6 Å². The molecular weight excluding hydrogens is 258 g/mol. The highest BCUT2D eigenvalue weighted by molar-refractivity contribution is 7.14. The summed E-state index contributed by atoms with van der Waals surface area (Å²) in [6.45, 7) is 5.48. The number of thiophene rings is 1. The van der Waals surface area contributed by atoms with Gasteiger partial charge in [0.2, 0.25) is 0 Å². The number of ether oxygens (including phenoxy) is 1. The van der Waals surface area contributed by atoms with Gasteiger partial charge in [-0.25, -0.2) is 4.79 Å². The predicted molar refractivity (Wildman–Crippen MR) is 81.6 cm³/mol. The lowest BCUT2D eigenvalue weighted by Gasteiger charge is -2.19. The van der Waals surface area contributed by atoms with Gasteiger partial charge in [0.1, 0.15) is 10.6 Å². The topological polar surface area (TPSA) is 52.3 Å². The molecule has 0 spiro atoms. The molecule has 0 unspecified atom stereocenters. The molecule has 1 saturated carbocycles. The van der Waals surface area contributed by atoms with E-state index in [2.05, 4.69) is 0 Å². The Morgan fingerprint density at radius 2 is 1.63 bits per heavy atom. The third kappa shape index (κ3) is 6.62.